The molecule has 0 aliphatic heterocycles. The number of imidazole rings is 1. The molecular formula is C13H11N7OS. The number of fused-ring (bicyclic) bond motifs is 2. The quantitative estimate of drug-likeness (QED) is 0.608. The summed E-state index contributed by atoms with van der Waals surface area (Å²) < 4.78 is 3.40. The molecule has 0 aliphatic rings. The van der Waals surface area contributed by atoms with Crippen LogP contribution in [0.1, 0.15) is 21.9 Å². The van der Waals surface area contributed by atoms with Crippen molar-refractivity contribution in [1.29, 1.82) is 0 Å². The van der Waals surface area contributed by atoms with E-state index in [0.29, 0.717) is 23.1 Å². The van der Waals surface area contributed by atoms with E-state index in [9.17, 15) is 4.79 Å². The Kier molecular flexibility index (Phi) is 2.70. The third-order valence-corrected chi connectivity index (χ3v) is 4.05. The predicted octanol–water partition coefficient (Wildman–Crippen LogP) is 1.70. The second-order valence-corrected chi connectivity index (χ2v) is 5.69. The van der Waals surface area contributed by atoms with Gasteiger partial charge in [-0.25, -0.2) is 9.97 Å². The van der Waals surface area contributed by atoms with Crippen molar-refractivity contribution in [3.63, 3.8) is 0 Å². The highest BCUT2D eigenvalue weighted by Gasteiger charge is 2.19. The molecule has 0 spiro atoms. The molecule has 1 N–H and O–H groups in total. The predicted molar refractivity (Wildman–Crippen MR) is 81.3 cm³/mol. The number of amides is 1. The van der Waals surface area contributed by atoms with Gasteiger partial charge in [0.05, 0.1) is 5.69 Å². The lowest BCUT2D eigenvalue weighted by Crippen LogP contribution is -2.17. The van der Waals surface area contributed by atoms with Crippen LogP contribution in [-0.2, 0) is 0 Å². The summed E-state index contributed by atoms with van der Waals surface area (Å²) in [4.78, 5) is 21.9. The fourth-order valence-electron chi connectivity index (χ4n) is 2.29. The van der Waals surface area contributed by atoms with E-state index in [1.165, 1.54) is 11.3 Å². The van der Waals surface area contributed by atoms with Gasteiger partial charge >= 0.3 is 0 Å². The molecule has 0 atom stereocenters. The van der Waals surface area contributed by atoms with Crippen molar-refractivity contribution in [2.75, 3.05) is 5.32 Å². The van der Waals surface area contributed by atoms with Gasteiger partial charge < -0.3 is 0 Å². The van der Waals surface area contributed by atoms with Crippen LogP contribution in [0, 0.1) is 13.8 Å². The lowest BCUT2D eigenvalue weighted by Gasteiger charge is -2.03. The molecule has 8 nitrogen and oxygen atoms in total. The minimum absolute atomic E-state index is 0.279. The molecule has 0 aliphatic carbocycles. The summed E-state index contributed by atoms with van der Waals surface area (Å²) in [5, 5.41) is 12.6. The molecule has 4 rings (SSSR count). The van der Waals surface area contributed by atoms with Crippen molar-refractivity contribution >= 4 is 33.9 Å². The van der Waals surface area contributed by atoms with Crippen LogP contribution >= 0.6 is 11.3 Å². The SMILES string of the molecule is Cc1ccn2c(NC(=O)c3c(C)nc4sccn34)nnc2n1. The third-order valence-electron chi connectivity index (χ3n) is 3.30. The van der Waals surface area contributed by atoms with E-state index in [1.807, 2.05) is 31.5 Å². The summed E-state index contributed by atoms with van der Waals surface area (Å²) in [6, 6.07) is 1.83. The molecule has 0 saturated carbocycles. The van der Waals surface area contributed by atoms with Crippen LogP contribution in [0.15, 0.2) is 23.8 Å². The van der Waals surface area contributed by atoms with Crippen molar-refractivity contribution in [2.24, 2.45) is 0 Å². The fourth-order valence-corrected chi connectivity index (χ4v) is 3.05. The second-order valence-electron chi connectivity index (χ2n) is 4.82. The number of hydrogen-bond acceptors (Lipinski definition) is 6. The van der Waals surface area contributed by atoms with Crippen LogP contribution < -0.4 is 5.32 Å². The number of hydrogen-bond donors (Lipinski definition) is 1. The lowest BCUT2D eigenvalue weighted by molar-refractivity contribution is 0.102. The molecule has 4 aromatic heterocycles. The fraction of sp³-hybridized carbons (Fsp3) is 0.154. The van der Waals surface area contributed by atoms with Crippen LogP contribution in [0.4, 0.5) is 5.95 Å². The first-order valence-electron chi connectivity index (χ1n) is 6.55. The zero-order valence-electron chi connectivity index (χ0n) is 11.8. The van der Waals surface area contributed by atoms with E-state index < -0.39 is 0 Å². The Hall–Kier alpha value is -2.81. The maximum Gasteiger partial charge on any atom is 0.276 e. The van der Waals surface area contributed by atoms with Crippen LogP contribution in [-0.4, -0.2) is 34.9 Å². The van der Waals surface area contributed by atoms with Crippen molar-refractivity contribution in [3.8, 4) is 0 Å². The van der Waals surface area contributed by atoms with Crippen LogP contribution in [0.2, 0.25) is 0 Å². The Labute approximate surface area is 128 Å². The Bertz CT molecular complexity index is 1010. The van der Waals surface area contributed by atoms with Gasteiger partial charge in [-0.1, -0.05) is 0 Å². The first-order chi connectivity index (χ1) is 10.6. The van der Waals surface area contributed by atoms with E-state index in [0.717, 1.165) is 10.7 Å². The topological polar surface area (TPSA) is 89.5 Å². The van der Waals surface area contributed by atoms with Crippen molar-refractivity contribution in [3.05, 3.63) is 40.9 Å². The molecule has 4 aromatic rings. The van der Waals surface area contributed by atoms with E-state index >= 15 is 0 Å². The summed E-state index contributed by atoms with van der Waals surface area (Å²) in [7, 11) is 0. The number of aryl methyl sites for hydroxylation is 2. The number of nitrogens with zero attached hydrogens (tertiary/aromatic N) is 6. The van der Waals surface area contributed by atoms with Crippen LogP contribution in [0.3, 0.4) is 0 Å². The van der Waals surface area contributed by atoms with Gasteiger partial charge in [0.15, 0.2) is 4.96 Å². The molecule has 4 heterocycles. The van der Waals surface area contributed by atoms with Gasteiger partial charge in [0, 0.05) is 23.5 Å². The number of carbonyl (C=O) groups excluding carboxylic acids is 1. The summed E-state index contributed by atoms with van der Waals surface area (Å²) in [5.74, 6) is 0.497. The minimum Gasteiger partial charge on any atom is -0.289 e. The van der Waals surface area contributed by atoms with E-state index in [1.54, 1.807) is 15.0 Å². The smallest absolute Gasteiger partial charge is 0.276 e. The average Bonchev–Trinajstić information content (AvgIpc) is 3.13. The largest absolute Gasteiger partial charge is 0.289 e. The highest BCUT2D eigenvalue weighted by Crippen LogP contribution is 2.18. The Morgan fingerprint density at radius 2 is 2.05 bits per heavy atom. The van der Waals surface area contributed by atoms with Crippen molar-refractivity contribution in [1.82, 2.24) is 29.0 Å². The molecule has 22 heavy (non-hydrogen) atoms. The number of aromatic nitrogens is 6. The zero-order valence-corrected chi connectivity index (χ0v) is 12.6. The number of carbonyl (C=O) groups is 1. The third kappa shape index (κ3) is 1.86. The Morgan fingerprint density at radius 1 is 1.18 bits per heavy atom. The van der Waals surface area contributed by atoms with E-state index in [4.69, 9.17) is 0 Å². The summed E-state index contributed by atoms with van der Waals surface area (Å²) in [5.41, 5.74) is 2.00. The van der Waals surface area contributed by atoms with Gasteiger partial charge in [0.25, 0.3) is 11.7 Å². The molecular weight excluding hydrogens is 302 g/mol. The molecule has 0 aromatic carbocycles. The van der Waals surface area contributed by atoms with Gasteiger partial charge in [-0.05, 0) is 19.9 Å². The molecule has 1 amide bonds. The zero-order chi connectivity index (χ0) is 15.3. The second kappa shape index (κ2) is 4.60. The van der Waals surface area contributed by atoms with E-state index in [-0.39, 0.29) is 5.91 Å². The minimum atomic E-state index is -0.279. The molecule has 110 valence electrons. The number of nitrogens with one attached hydrogen (secondary N) is 1. The van der Waals surface area contributed by atoms with Crippen LogP contribution in [0.5, 0.6) is 0 Å². The lowest BCUT2D eigenvalue weighted by atomic mass is 10.3. The molecule has 0 fully saturated rings. The van der Waals surface area contributed by atoms with Gasteiger partial charge in [0.2, 0.25) is 5.95 Å². The van der Waals surface area contributed by atoms with Crippen LogP contribution in [0.25, 0.3) is 10.7 Å². The Morgan fingerprint density at radius 3 is 2.91 bits per heavy atom. The summed E-state index contributed by atoms with van der Waals surface area (Å²) in [6.07, 6.45) is 3.60. The monoisotopic (exact) mass is 313 g/mol. The summed E-state index contributed by atoms with van der Waals surface area (Å²) in [6.45, 7) is 3.68. The first-order valence-corrected chi connectivity index (χ1v) is 7.43. The normalized spacial score (nSPS) is 11.4. The highest BCUT2D eigenvalue weighted by atomic mass is 32.1. The number of rotatable bonds is 2. The molecule has 0 unspecified atom stereocenters. The molecule has 0 saturated heterocycles. The summed E-state index contributed by atoms with van der Waals surface area (Å²) >= 11 is 1.48. The molecule has 0 bridgehead atoms. The van der Waals surface area contributed by atoms with Crippen molar-refractivity contribution in [2.45, 2.75) is 13.8 Å². The maximum absolute atomic E-state index is 12.5. The van der Waals surface area contributed by atoms with Gasteiger partial charge in [-0.2, -0.15) is 0 Å². The van der Waals surface area contributed by atoms with Crippen molar-refractivity contribution < 1.29 is 4.79 Å². The maximum atomic E-state index is 12.5. The standard InChI is InChI=1S/C13H11N7OS/c1-7-3-4-20-11(14-7)17-18-12(20)16-10(21)9-8(2)15-13-19(9)5-6-22-13/h3-6H,1-2H3,(H,16,18,21). The number of anilines is 1. The highest BCUT2D eigenvalue weighted by molar-refractivity contribution is 7.15. The van der Waals surface area contributed by atoms with Gasteiger partial charge in [-0.3, -0.25) is 18.9 Å². The molecule has 9 heteroatoms. The Balaban J connectivity index is 1.74. The van der Waals surface area contributed by atoms with Gasteiger partial charge in [-0.15, -0.1) is 21.5 Å². The average molecular weight is 313 g/mol. The molecule has 0 radical (unpaired) electrons. The first kappa shape index (κ1) is 12.9. The van der Waals surface area contributed by atoms with Gasteiger partial charge in [0.1, 0.15) is 5.69 Å². The van der Waals surface area contributed by atoms with E-state index in [2.05, 4.69) is 25.5 Å². The number of thiazole rings is 1.